The first kappa shape index (κ1) is 16.5. The van der Waals surface area contributed by atoms with Crippen LogP contribution in [0.5, 0.6) is 0 Å². The number of carbonyl (C=O) groups excluding carboxylic acids is 1. The van der Waals surface area contributed by atoms with E-state index in [1.54, 1.807) is 12.1 Å². The molecule has 24 heavy (non-hydrogen) atoms. The van der Waals surface area contributed by atoms with Gasteiger partial charge in [0.25, 0.3) is 0 Å². The van der Waals surface area contributed by atoms with Crippen molar-refractivity contribution in [3.8, 4) is 6.07 Å². The Bertz CT molecular complexity index is 784. The van der Waals surface area contributed by atoms with Gasteiger partial charge in [-0.25, -0.2) is 4.79 Å². The van der Waals surface area contributed by atoms with E-state index in [-0.39, 0.29) is 5.97 Å². The highest BCUT2D eigenvalue weighted by molar-refractivity contribution is 9.10. The van der Waals surface area contributed by atoms with E-state index in [1.165, 1.54) is 5.56 Å². The minimum Gasteiger partial charge on any atom is -0.462 e. The van der Waals surface area contributed by atoms with E-state index in [9.17, 15) is 10.1 Å². The van der Waals surface area contributed by atoms with Crippen LogP contribution in [0, 0.1) is 11.3 Å². The predicted molar refractivity (Wildman–Crippen MR) is 96.1 cm³/mol. The molecule has 3 rings (SSSR count). The lowest BCUT2D eigenvalue weighted by Crippen LogP contribution is -2.24. The summed E-state index contributed by atoms with van der Waals surface area (Å²) >= 11 is 3.45. The summed E-state index contributed by atoms with van der Waals surface area (Å²) in [4.78, 5) is 14.1. The summed E-state index contributed by atoms with van der Waals surface area (Å²) in [5.74, 6) is -0.293. The molecule has 0 spiro atoms. The van der Waals surface area contributed by atoms with E-state index >= 15 is 0 Å². The lowest BCUT2D eigenvalue weighted by Gasteiger charge is -2.20. The molecule has 0 saturated heterocycles. The molecule has 0 saturated carbocycles. The average Bonchev–Trinajstić information content (AvgIpc) is 3.01. The fourth-order valence-electron chi connectivity index (χ4n) is 2.97. The summed E-state index contributed by atoms with van der Waals surface area (Å²) in [5.41, 5.74) is 3.48. The molecule has 0 fully saturated rings. The van der Waals surface area contributed by atoms with Gasteiger partial charge in [0.1, 0.15) is 6.07 Å². The topological polar surface area (TPSA) is 53.3 Å². The number of hydrogen-bond acceptors (Lipinski definition) is 4. The Hall–Kier alpha value is -2.32. The maximum absolute atomic E-state index is 11.9. The Morgan fingerprint density at radius 3 is 2.83 bits per heavy atom. The molecule has 5 heteroatoms. The molecule has 0 amide bonds. The number of rotatable bonds is 5. The van der Waals surface area contributed by atoms with Gasteiger partial charge in [-0.2, -0.15) is 5.26 Å². The van der Waals surface area contributed by atoms with Crippen LogP contribution < -0.4 is 4.90 Å². The van der Waals surface area contributed by atoms with Crippen molar-refractivity contribution in [2.45, 2.75) is 12.8 Å². The Kier molecular flexibility index (Phi) is 5.17. The zero-order valence-electron chi connectivity index (χ0n) is 13.2. The zero-order chi connectivity index (χ0) is 16.9. The number of benzene rings is 2. The van der Waals surface area contributed by atoms with Gasteiger partial charge < -0.3 is 9.64 Å². The van der Waals surface area contributed by atoms with Gasteiger partial charge in [0.2, 0.25) is 0 Å². The van der Waals surface area contributed by atoms with Gasteiger partial charge >= 0.3 is 5.97 Å². The first-order valence-corrected chi connectivity index (χ1v) is 8.68. The first-order valence-electron chi connectivity index (χ1n) is 7.88. The maximum Gasteiger partial charge on any atom is 0.338 e. The number of fused-ring (bicyclic) bond motifs is 1. The van der Waals surface area contributed by atoms with Crippen LogP contribution in [0.25, 0.3) is 0 Å². The molecular formula is C19H17BrN2O2. The van der Waals surface area contributed by atoms with E-state index in [1.807, 2.05) is 24.3 Å². The Labute approximate surface area is 149 Å². The Balaban J connectivity index is 1.55. The first-order chi connectivity index (χ1) is 11.7. The highest BCUT2D eigenvalue weighted by Crippen LogP contribution is 2.34. The summed E-state index contributed by atoms with van der Waals surface area (Å²) in [6, 6.07) is 15.2. The molecule has 2 aromatic rings. The van der Waals surface area contributed by atoms with Crippen molar-refractivity contribution in [2.24, 2.45) is 0 Å². The number of anilines is 1. The second-order valence-corrected chi connectivity index (χ2v) is 6.58. The molecule has 122 valence electrons. The summed E-state index contributed by atoms with van der Waals surface area (Å²) < 4.78 is 6.25. The van der Waals surface area contributed by atoms with Gasteiger partial charge in [-0.05, 0) is 42.7 Å². The summed E-state index contributed by atoms with van der Waals surface area (Å²) in [7, 11) is 0. The van der Waals surface area contributed by atoms with Crippen LogP contribution in [0.1, 0.15) is 27.9 Å². The average molecular weight is 385 g/mol. The smallest absolute Gasteiger partial charge is 0.338 e. The molecular weight excluding hydrogens is 368 g/mol. The number of hydrogen-bond donors (Lipinski definition) is 0. The number of esters is 1. The third-order valence-corrected chi connectivity index (χ3v) is 4.51. The monoisotopic (exact) mass is 384 g/mol. The van der Waals surface area contributed by atoms with Crippen LogP contribution in [0.4, 0.5) is 5.69 Å². The van der Waals surface area contributed by atoms with Crippen LogP contribution in [0.15, 0.2) is 46.9 Å². The van der Waals surface area contributed by atoms with Crippen molar-refractivity contribution >= 4 is 27.6 Å². The molecule has 0 radical (unpaired) electrons. The van der Waals surface area contributed by atoms with Crippen molar-refractivity contribution in [1.29, 1.82) is 5.26 Å². The Morgan fingerprint density at radius 1 is 1.29 bits per heavy atom. The summed E-state index contributed by atoms with van der Waals surface area (Å²) in [6.45, 7) is 2.04. The zero-order valence-corrected chi connectivity index (χ0v) is 14.8. The fourth-order valence-corrected chi connectivity index (χ4v) is 3.48. The van der Waals surface area contributed by atoms with Crippen LogP contribution in [0.3, 0.4) is 0 Å². The largest absolute Gasteiger partial charge is 0.462 e. The van der Waals surface area contributed by atoms with Gasteiger partial charge in [0, 0.05) is 17.6 Å². The van der Waals surface area contributed by atoms with E-state index in [0.29, 0.717) is 17.7 Å². The molecule has 1 heterocycles. The molecule has 1 aliphatic heterocycles. The highest BCUT2D eigenvalue weighted by atomic mass is 79.9. The normalized spacial score (nSPS) is 12.6. The van der Waals surface area contributed by atoms with Gasteiger partial charge in [0.05, 0.1) is 23.4 Å². The van der Waals surface area contributed by atoms with E-state index in [2.05, 4.69) is 33.0 Å². The molecule has 4 nitrogen and oxygen atoms in total. The SMILES string of the molecule is N#Cc1cc(Br)cc2c1N(CCCOC(=O)c1ccccc1)CC2. The molecule has 0 aromatic heterocycles. The number of nitriles is 1. The molecule has 0 bridgehead atoms. The van der Waals surface area contributed by atoms with Gasteiger partial charge in [-0.1, -0.05) is 34.1 Å². The van der Waals surface area contributed by atoms with E-state index in [0.717, 1.165) is 36.1 Å². The molecule has 0 N–H and O–H groups in total. The minimum absolute atomic E-state index is 0.293. The van der Waals surface area contributed by atoms with Gasteiger partial charge in [-0.3, -0.25) is 0 Å². The van der Waals surface area contributed by atoms with Gasteiger partial charge in [0.15, 0.2) is 0 Å². The number of carbonyl (C=O) groups is 1. The van der Waals surface area contributed by atoms with E-state index in [4.69, 9.17) is 4.74 Å². The predicted octanol–water partition coefficient (Wildman–Crippen LogP) is 3.93. The highest BCUT2D eigenvalue weighted by Gasteiger charge is 2.23. The van der Waals surface area contributed by atoms with Crippen LogP contribution in [-0.2, 0) is 11.2 Å². The second-order valence-electron chi connectivity index (χ2n) is 5.67. The fraction of sp³-hybridized carbons (Fsp3) is 0.263. The van der Waals surface area contributed by atoms with Crippen molar-refractivity contribution in [2.75, 3.05) is 24.6 Å². The standard InChI is InChI=1S/C19H17BrN2O2/c20-17-11-15-7-9-22(18(15)16(12-17)13-21)8-4-10-24-19(23)14-5-2-1-3-6-14/h1-3,5-6,11-12H,4,7-10H2. The van der Waals surface area contributed by atoms with Crippen molar-refractivity contribution in [3.05, 3.63) is 63.6 Å². The van der Waals surface area contributed by atoms with Crippen molar-refractivity contribution < 1.29 is 9.53 Å². The molecule has 1 aliphatic rings. The third kappa shape index (κ3) is 3.60. The summed E-state index contributed by atoms with van der Waals surface area (Å²) in [5, 5.41) is 9.35. The molecule has 0 atom stereocenters. The second kappa shape index (κ2) is 7.50. The third-order valence-electron chi connectivity index (χ3n) is 4.06. The quantitative estimate of drug-likeness (QED) is 0.578. The molecule has 0 unspecified atom stereocenters. The molecule has 2 aromatic carbocycles. The maximum atomic E-state index is 11.9. The Morgan fingerprint density at radius 2 is 2.08 bits per heavy atom. The van der Waals surface area contributed by atoms with E-state index < -0.39 is 0 Å². The van der Waals surface area contributed by atoms with Crippen LogP contribution >= 0.6 is 15.9 Å². The van der Waals surface area contributed by atoms with Crippen LogP contribution in [0.2, 0.25) is 0 Å². The van der Waals surface area contributed by atoms with Crippen molar-refractivity contribution in [1.82, 2.24) is 0 Å². The number of nitrogens with zero attached hydrogens (tertiary/aromatic N) is 2. The van der Waals surface area contributed by atoms with Crippen LogP contribution in [-0.4, -0.2) is 25.7 Å². The number of ether oxygens (including phenoxy) is 1. The summed E-state index contributed by atoms with van der Waals surface area (Å²) in [6.07, 6.45) is 1.67. The lowest BCUT2D eigenvalue weighted by atomic mass is 10.1. The molecule has 0 aliphatic carbocycles. The van der Waals surface area contributed by atoms with Crippen molar-refractivity contribution in [3.63, 3.8) is 0 Å². The minimum atomic E-state index is -0.293. The lowest BCUT2D eigenvalue weighted by molar-refractivity contribution is 0.0502. The van der Waals surface area contributed by atoms with Gasteiger partial charge in [-0.15, -0.1) is 0 Å². The number of halogens is 1.